The SMILES string of the molecule is O=C(O)c1cccc(CCC[C@H]2CCC(=O)C2Nc2cccc3cccnc23)c1. The largest absolute Gasteiger partial charge is 0.478 e. The molecular weight excluding hydrogens is 364 g/mol. The van der Waals surface area contributed by atoms with Gasteiger partial charge in [0.05, 0.1) is 22.8 Å². The van der Waals surface area contributed by atoms with Crippen LogP contribution in [0.15, 0.2) is 60.8 Å². The lowest BCUT2D eigenvalue weighted by molar-refractivity contribution is -0.118. The van der Waals surface area contributed by atoms with Crippen LogP contribution in [0, 0.1) is 5.92 Å². The van der Waals surface area contributed by atoms with E-state index < -0.39 is 5.97 Å². The molecule has 1 saturated carbocycles. The van der Waals surface area contributed by atoms with Crippen molar-refractivity contribution >= 4 is 28.3 Å². The van der Waals surface area contributed by atoms with Gasteiger partial charge in [-0.05, 0) is 61.4 Å². The molecule has 0 amide bonds. The van der Waals surface area contributed by atoms with Crippen LogP contribution in [0.4, 0.5) is 5.69 Å². The van der Waals surface area contributed by atoms with Gasteiger partial charge < -0.3 is 10.4 Å². The average Bonchev–Trinajstić information content (AvgIpc) is 3.08. The van der Waals surface area contributed by atoms with Crippen molar-refractivity contribution in [3.8, 4) is 0 Å². The Hall–Kier alpha value is -3.21. The average molecular weight is 388 g/mol. The smallest absolute Gasteiger partial charge is 0.335 e. The van der Waals surface area contributed by atoms with Gasteiger partial charge in [0, 0.05) is 18.0 Å². The van der Waals surface area contributed by atoms with E-state index in [1.807, 2.05) is 36.4 Å². The summed E-state index contributed by atoms with van der Waals surface area (Å²) >= 11 is 0. The molecule has 1 fully saturated rings. The first-order chi connectivity index (χ1) is 14.1. The number of ketones is 1. The molecule has 4 rings (SSSR count). The van der Waals surface area contributed by atoms with Crippen molar-refractivity contribution in [3.63, 3.8) is 0 Å². The van der Waals surface area contributed by atoms with E-state index in [-0.39, 0.29) is 17.7 Å². The van der Waals surface area contributed by atoms with Crippen LogP contribution in [0.3, 0.4) is 0 Å². The molecule has 5 heteroatoms. The number of carboxylic acids is 1. The number of rotatable bonds is 7. The van der Waals surface area contributed by atoms with Gasteiger partial charge in [0.1, 0.15) is 0 Å². The molecule has 3 aromatic rings. The summed E-state index contributed by atoms with van der Waals surface area (Å²) in [5.41, 5.74) is 3.14. The number of Topliss-reactive ketones (excluding diaryl/α,β-unsaturated/α-hetero) is 1. The summed E-state index contributed by atoms with van der Waals surface area (Å²) in [6.07, 6.45) is 5.94. The molecule has 1 aliphatic carbocycles. The molecule has 148 valence electrons. The number of aryl methyl sites for hydroxylation is 1. The standard InChI is InChI=1S/C24H24N2O3/c27-21-13-12-18(7-1-5-16-6-2-9-19(15-16)24(28)29)23(21)26-20-11-3-8-17-10-4-14-25-22(17)20/h2-4,6,8-11,14-15,18,23,26H,1,5,7,12-13H2,(H,28,29)/t18-,23?/m0/s1. The predicted molar refractivity (Wildman–Crippen MR) is 113 cm³/mol. The number of aromatic nitrogens is 1. The number of para-hydroxylation sites is 1. The second kappa shape index (κ2) is 8.43. The number of hydrogen-bond acceptors (Lipinski definition) is 4. The number of benzene rings is 2. The zero-order valence-corrected chi connectivity index (χ0v) is 16.2. The fourth-order valence-corrected chi connectivity index (χ4v) is 4.24. The Morgan fingerprint density at radius 2 is 1.97 bits per heavy atom. The lowest BCUT2D eigenvalue weighted by Gasteiger charge is -2.21. The molecule has 1 aromatic heterocycles. The second-order valence-corrected chi connectivity index (χ2v) is 7.67. The molecule has 0 radical (unpaired) electrons. The van der Waals surface area contributed by atoms with E-state index in [4.69, 9.17) is 5.11 Å². The Kier molecular flexibility index (Phi) is 5.56. The lowest BCUT2D eigenvalue weighted by atomic mass is 9.94. The molecule has 0 bridgehead atoms. The fourth-order valence-electron chi connectivity index (χ4n) is 4.24. The van der Waals surface area contributed by atoms with Gasteiger partial charge in [0.2, 0.25) is 0 Å². The van der Waals surface area contributed by atoms with Gasteiger partial charge in [0.25, 0.3) is 0 Å². The number of hydrogen-bond donors (Lipinski definition) is 2. The molecule has 29 heavy (non-hydrogen) atoms. The normalized spacial score (nSPS) is 18.8. The van der Waals surface area contributed by atoms with Crippen LogP contribution >= 0.6 is 0 Å². The minimum Gasteiger partial charge on any atom is -0.478 e. The Bertz CT molecular complexity index is 1040. The number of carbonyl (C=O) groups excluding carboxylic acids is 1. The highest BCUT2D eigenvalue weighted by atomic mass is 16.4. The maximum absolute atomic E-state index is 12.5. The summed E-state index contributed by atoms with van der Waals surface area (Å²) in [6, 6.07) is 16.8. The van der Waals surface area contributed by atoms with Gasteiger partial charge in [-0.25, -0.2) is 4.79 Å². The van der Waals surface area contributed by atoms with E-state index in [9.17, 15) is 9.59 Å². The van der Waals surface area contributed by atoms with E-state index in [1.165, 1.54) is 0 Å². The number of nitrogens with zero attached hydrogens (tertiary/aromatic N) is 1. The molecule has 2 aromatic carbocycles. The molecule has 1 aliphatic rings. The van der Waals surface area contributed by atoms with E-state index in [1.54, 1.807) is 24.4 Å². The summed E-state index contributed by atoms with van der Waals surface area (Å²) in [5.74, 6) is -0.360. The third-order valence-electron chi connectivity index (χ3n) is 5.74. The number of fused-ring (bicyclic) bond motifs is 1. The first-order valence-corrected chi connectivity index (χ1v) is 10.1. The maximum Gasteiger partial charge on any atom is 0.335 e. The minimum atomic E-state index is -0.902. The predicted octanol–water partition coefficient (Wildman–Crippen LogP) is 4.72. The van der Waals surface area contributed by atoms with Crippen molar-refractivity contribution in [1.82, 2.24) is 4.98 Å². The van der Waals surface area contributed by atoms with Crippen molar-refractivity contribution in [2.24, 2.45) is 5.92 Å². The van der Waals surface area contributed by atoms with Crippen LogP contribution in [-0.2, 0) is 11.2 Å². The summed E-state index contributed by atoms with van der Waals surface area (Å²) in [5, 5.41) is 13.7. The van der Waals surface area contributed by atoms with Crippen molar-refractivity contribution in [1.29, 1.82) is 0 Å². The second-order valence-electron chi connectivity index (χ2n) is 7.67. The molecule has 2 N–H and O–H groups in total. The van der Waals surface area contributed by atoms with Gasteiger partial charge in [-0.15, -0.1) is 0 Å². The quantitative estimate of drug-likeness (QED) is 0.612. The number of aromatic carboxylic acids is 1. The zero-order chi connectivity index (χ0) is 20.2. The van der Waals surface area contributed by atoms with Crippen molar-refractivity contribution in [3.05, 3.63) is 71.9 Å². The van der Waals surface area contributed by atoms with Gasteiger partial charge >= 0.3 is 5.97 Å². The topological polar surface area (TPSA) is 79.3 Å². The monoisotopic (exact) mass is 388 g/mol. The van der Waals surface area contributed by atoms with E-state index in [2.05, 4.69) is 10.3 Å². The first-order valence-electron chi connectivity index (χ1n) is 10.1. The number of carbonyl (C=O) groups is 2. The molecule has 1 unspecified atom stereocenters. The highest BCUT2D eigenvalue weighted by Crippen LogP contribution is 2.32. The van der Waals surface area contributed by atoms with Gasteiger partial charge in [-0.3, -0.25) is 9.78 Å². The highest BCUT2D eigenvalue weighted by molar-refractivity contribution is 5.94. The van der Waals surface area contributed by atoms with Crippen molar-refractivity contribution in [2.45, 2.75) is 38.1 Å². The van der Waals surface area contributed by atoms with Gasteiger partial charge in [0.15, 0.2) is 5.78 Å². The number of pyridine rings is 1. The van der Waals surface area contributed by atoms with E-state index in [0.29, 0.717) is 12.0 Å². The molecule has 5 nitrogen and oxygen atoms in total. The van der Waals surface area contributed by atoms with Crippen LogP contribution in [-0.4, -0.2) is 27.9 Å². The Balaban J connectivity index is 1.42. The van der Waals surface area contributed by atoms with Gasteiger partial charge in [-0.2, -0.15) is 0 Å². The third-order valence-corrected chi connectivity index (χ3v) is 5.74. The minimum absolute atomic E-state index is 0.187. The van der Waals surface area contributed by atoms with E-state index >= 15 is 0 Å². The summed E-state index contributed by atoms with van der Waals surface area (Å²) in [6.45, 7) is 0. The van der Waals surface area contributed by atoms with Crippen LogP contribution in [0.25, 0.3) is 10.9 Å². The highest BCUT2D eigenvalue weighted by Gasteiger charge is 2.34. The number of carboxylic acid groups (broad SMARTS) is 1. The Labute approximate surface area is 169 Å². The Morgan fingerprint density at radius 1 is 1.14 bits per heavy atom. The van der Waals surface area contributed by atoms with Crippen LogP contribution in [0.5, 0.6) is 0 Å². The summed E-state index contributed by atoms with van der Waals surface area (Å²) < 4.78 is 0. The Morgan fingerprint density at radius 3 is 2.83 bits per heavy atom. The van der Waals surface area contributed by atoms with Crippen LogP contribution in [0.2, 0.25) is 0 Å². The molecule has 1 heterocycles. The maximum atomic E-state index is 12.5. The molecule has 0 saturated heterocycles. The fraction of sp³-hybridized carbons (Fsp3) is 0.292. The number of nitrogens with one attached hydrogen (secondary N) is 1. The molecule has 0 spiro atoms. The molecular formula is C24H24N2O3. The van der Waals surface area contributed by atoms with E-state index in [0.717, 1.165) is 47.8 Å². The van der Waals surface area contributed by atoms with Crippen molar-refractivity contribution in [2.75, 3.05) is 5.32 Å². The van der Waals surface area contributed by atoms with Crippen molar-refractivity contribution < 1.29 is 14.7 Å². The third kappa shape index (κ3) is 4.29. The first kappa shape index (κ1) is 19.1. The molecule has 2 atom stereocenters. The van der Waals surface area contributed by atoms with Gasteiger partial charge in [-0.1, -0.05) is 30.3 Å². The summed E-state index contributed by atoms with van der Waals surface area (Å²) in [7, 11) is 0. The van der Waals surface area contributed by atoms with Crippen LogP contribution < -0.4 is 5.32 Å². The number of anilines is 1. The summed E-state index contributed by atoms with van der Waals surface area (Å²) in [4.78, 5) is 28.1. The molecule has 0 aliphatic heterocycles. The zero-order valence-electron chi connectivity index (χ0n) is 16.2. The lowest BCUT2D eigenvalue weighted by Crippen LogP contribution is -2.30. The van der Waals surface area contributed by atoms with Crippen LogP contribution in [0.1, 0.15) is 41.6 Å².